The molecule has 0 atom stereocenters. The first-order valence-electron chi connectivity index (χ1n) is 7.94. The first-order chi connectivity index (χ1) is 11.9. The highest BCUT2D eigenvalue weighted by Crippen LogP contribution is 2.14. The summed E-state index contributed by atoms with van der Waals surface area (Å²) in [6, 6.07) is 5.82. The summed E-state index contributed by atoms with van der Waals surface area (Å²) in [6.07, 6.45) is 8.85. The van der Waals surface area contributed by atoms with Crippen LogP contribution in [0.3, 0.4) is 0 Å². The molecule has 0 spiro atoms. The fraction of sp³-hybridized carbons (Fsp3) is 0.312. The highest BCUT2D eigenvalue weighted by molar-refractivity contribution is 5.40. The van der Waals surface area contributed by atoms with Gasteiger partial charge in [-0.1, -0.05) is 0 Å². The zero-order chi connectivity index (χ0) is 16.2. The molecule has 0 bridgehead atoms. The summed E-state index contributed by atoms with van der Waals surface area (Å²) in [5.74, 6) is 1.63. The predicted molar refractivity (Wildman–Crippen MR) is 88.7 cm³/mol. The van der Waals surface area contributed by atoms with Gasteiger partial charge in [0, 0.05) is 63.7 Å². The molecule has 1 aliphatic heterocycles. The van der Waals surface area contributed by atoms with E-state index in [1.807, 2.05) is 30.6 Å². The number of hydrogen-bond donors (Lipinski definition) is 0. The van der Waals surface area contributed by atoms with E-state index < -0.39 is 0 Å². The normalized spacial score (nSPS) is 15.6. The van der Waals surface area contributed by atoms with Crippen LogP contribution in [-0.2, 0) is 6.54 Å². The van der Waals surface area contributed by atoms with E-state index in [4.69, 9.17) is 0 Å². The van der Waals surface area contributed by atoms with E-state index in [-0.39, 0.29) is 0 Å². The second-order valence-corrected chi connectivity index (χ2v) is 5.66. The van der Waals surface area contributed by atoms with Crippen molar-refractivity contribution >= 4 is 5.82 Å². The minimum atomic E-state index is 0.727. The summed E-state index contributed by atoms with van der Waals surface area (Å²) < 4.78 is 1.70. The number of piperazine rings is 1. The topological polar surface area (TPSA) is 75.9 Å². The fourth-order valence-electron chi connectivity index (χ4n) is 2.79. The molecule has 8 nitrogen and oxygen atoms in total. The van der Waals surface area contributed by atoms with Crippen LogP contribution in [-0.4, -0.2) is 61.0 Å². The standard InChI is InChI=1S/C16H18N8/c1-4-19-24(7-1)16-3-2-15(20-21-16)23-10-8-22(9-11-23)13-14-12-17-5-6-18-14/h1-7,12H,8-11,13H2. The van der Waals surface area contributed by atoms with Crippen LogP contribution in [0.5, 0.6) is 0 Å². The smallest absolute Gasteiger partial charge is 0.175 e. The van der Waals surface area contributed by atoms with E-state index in [9.17, 15) is 0 Å². The van der Waals surface area contributed by atoms with Crippen molar-refractivity contribution in [2.75, 3.05) is 31.1 Å². The lowest BCUT2D eigenvalue weighted by Crippen LogP contribution is -2.46. The maximum Gasteiger partial charge on any atom is 0.175 e. The first kappa shape index (κ1) is 14.7. The minimum Gasteiger partial charge on any atom is -0.353 e. The van der Waals surface area contributed by atoms with E-state index in [0.29, 0.717) is 0 Å². The molecule has 1 fully saturated rings. The molecule has 8 heteroatoms. The van der Waals surface area contributed by atoms with Crippen LogP contribution in [0, 0.1) is 0 Å². The van der Waals surface area contributed by atoms with Crippen molar-refractivity contribution in [3.8, 4) is 5.82 Å². The molecule has 0 aromatic carbocycles. The maximum absolute atomic E-state index is 4.34. The molecule has 1 aliphatic rings. The molecule has 0 radical (unpaired) electrons. The van der Waals surface area contributed by atoms with E-state index in [1.54, 1.807) is 23.3 Å². The van der Waals surface area contributed by atoms with Crippen molar-refractivity contribution in [2.45, 2.75) is 6.54 Å². The van der Waals surface area contributed by atoms with Gasteiger partial charge in [0.15, 0.2) is 11.6 Å². The average Bonchev–Trinajstić information content (AvgIpc) is 3.18. The molecule has 122 valence electrons. The summed E-state index contributed by atoms with van der Waals surface area (Å²) in [6.45, 7) is 4.63. The SMILES string of the molecule is c1cnn(-c2ccc(N3CCN(Cc4cnccn4)CC3)nn2)c1. The van der Waals surface area contributed by atoms with Gasteiger partial charge in [-0.3, -0.25) is 14.9 Å². The third-order valence-electron chi connectivity index (χ3n) is 4.07. The lowest BCUT2D eigenvalue weighted by molar-refractivity contribution is 0.246. The largest absolute Gasteiger partial charge is 0.353 e. The molecule has 3 aromatic heterocycles. The van der Waals surface area contributed by atoms with Crippen LogP contribution in [0.4, 0.5) is 5.82 Å². The molecule has 0 amide bonds. The Morgan fingerprint density at radius 2 is 1.75 bits per heavy atom. The van der Waals surface area contributed by atoms with Gasteiger partial charge in [0.2, 0.25) is 0 Å². The van der Waals surface area contributed by atoms with Gasteiger partial charge in [0.05, 0.1) is 5.69 Å². The van der Waals surface area contributed by atoms with Crippen molar-refractivity contribution in [1.82, 2.24) is 34.8 Å². The van der Waals surface area contributed by atoms with Crippen LogP contribution < -0.4 is 4.90 Å². The number of hydrogen-bond acceptors (Lipinski definition) is 7. The van der Waals surface area contributed by atoms with Crippen LogP contribution in [0.2, 0.25) is 0 Å². The van der Waals surface area contributed by atoms with Crippen molar-refractivity contribution in [2.24, 2.45) is 0 Å². The molecule has 0 aliphatic carbocycles. The molecular weight excluding hydrogens is 304 g/mol. The van der Waals surface area contributed by atoms with Gasteiger partial charge >= 0.3 is 0 Å². The third-order valence-corrected chi connectivity index (χ3v) is 4.07. The quantitative estimate of drug-likeness (QED) is 0.702. The second kappa shape index (κ2) is 6.71. The highest BCUT2D eigenvalue weighted by Gasteiger charge is 2.19. The number of rotatable bonds is 4. The van der Waals surface area contributed by atoms with Crippen molar-refractivity contribution in [3.63, 3.8) is 0 Å². The summed E-state index contributed by atoms with van der Waals surface area (Å²) >= 11 is 0. The van der Waals surface area contributed by atoms with Crippen molar-refractivity contribution in [3.05, 3.63) is 54.9 Å². The van der Waals surface area contributed by atoms with Crippen LogP contribution in [0.1, 0.15) is 5.69 Å². The zero-order valence-electron chi connectivity index (χ0n) is 13.2. The van der Waals surface area contributed by atoms with E-state index in [1.165, 1.54) is 0 Å². The van der Waals surface area contributed by atoms with Gasteiger partial charge in [-0.2, -0.15) is 5.10 Å². The van der Waals surface area contributed by atoms with Crippen molar-refractivity contribution < 1.29 is 0 Å². The maximum atomic E-state index is 4.34. The molecule has 4 heterocycles. The van der Waals surface area contributed by atoms with Gasteiger partial charge in [-0.25, -0.2) is 4.68 Å². The van der Waals surface area contributed by atoms with Gasteiger partial charge in [0.1, 0.15) is 0 Å². The Hall–Kier alpha value is -2.87. The van der Waals surface area contributed by atoms with Gasteiger partial charge < -0.3 is 4.90 Å². The van der Waals surface area contributed by atoms with E-state index in [2.05, 4.69) is 35.1 Å². The zero-order valence-corrected chi connectivity index (χ0v) is 13.2. The van der Waals surface area contributed by atoms with E-state index in [0.717, 1.165) is 50.1 Å². The molecule has 0 saturated carbocycles. The molecule has 0 unspecified atom stereocenters. The highest BCUT2D eigenvalue weighted by atomic mass is 15.4. The molecule has 0 N–H and O–H groups in total. The Morgan fingerprint density at radius 3 is 2.42 bits per heavy atom. The molecule has 1 saturated heterocycles. The monoisotopic (exact) mass is 322 g/mol. The average molecular weight is 322 g/mol. The first-order valence-corrected chi connectivity index (χ1v) is 7.94. The van der Waals surface area contributed by atoms with Crippen LogP contribution in [0.15, 0.2) is 49.2 Å². The second-order valence-electron chi connectivity index (χ2n) is 5.66. The van der Waals surface area contributed by atoms with E-state index >= 15 is 0 Å². The Kier molecular flexibility index (Phi) is 4.11. The summed E-state index contributed by atoms with van der Waals surface area (Å²) in [7, 11) is 0. The Labute approximate surface area is 139 Å². The van der Waals surface area contributed by atoms with Crippen molar-refractivity contribution in [1.29, 1.82) is 0 Å². The summed E-state index contributed by atoms with van der Waals surface area (Å²) in [5, 5.41) is 12.8. The predicted octanol–water partition coefficient (Wildman–Crippen LogP) is 0.774. The van der Waals surface area contributed by atoms with Gasteiger partial charge in [0.25, 0.3) is 0 Å². The molecule has 24 heavy (non-hydrogen) atoms. The number of aromatic nitrogens is 6. The lowest BCUT2D eigenvalue weighted by Gasteiger charge is -2.34. The van der Waals surface area contributed by atoms with Crippen LogP contribution in [0.25, 0.3) is 5.82 Å². The Bertz CT molecular complexity index is 749. The minimum absolute atomic E-state index is 0.727. The van der Waals surface area contributed by atoms with Gasteiger partial charge in [-0.05, 0) is 18.2 Å². The lowest BCUT2D eigenvalue weighted by atomic mass is 10.3. The Balaban J connectivity index is 1.35. The molecular formula is C16H18N8. The third kappa shape index (κ3) is 3.23. The fourth-order valence-corrected chi connectivity index (χ4v) is 2.79. The number of nitrogens with zero attached hydrogens (tertiary/aromatic N) is 8. The summed E-state index contributed by atoms with van der Waals surface area (Å²) in [5.41, 5.74) is 1.01. The number of anilines is 1. The summed E-state index contributed by atoms with van der Waals surface area (Å²) in [4.78, 5) is 13.1. The molecule has 4 rings (SSSR count). The van der Waals surface area contributed by atoms with Crippen LogP contribution >= 0.6 is 0 Å². The van der Waals surface area contributed by atoms with Gasteiger partial charge in [-0.15, -0.1) is 10.2 Å². The molecule has 3 aromatic rings. The Morgan fingerprint density at radius 1 is 0.917 bits per heavy atom.